The number of carbonyl (C=O) groups excluding carboxylic acids is 1. The summed E-state index contributed by atoms with van der Waals surface area (Å²) in [7, 11) is 0. The number of hydrogen-bond acceptors (Lipinski definition) is 7. The predicted molar refractivity (Wildman–Crippen MR) is 74.8 cm³/mol. The van der Waals surface area contributed by atoms with Crippen molar-refractivity contribution in [1.82, 2.24) is 19.9 Å². The first-order valence-corrected chi connectivity index (χ1v) is 7.68. The number of rotatable bonds is 3. The van der Waals surface area contributed by atoms with Gasteiger partial charge < -0.3 is 5.32 Å². The fourth-order valence-corrected chi connectivity index (χ4v) is 3.56. The number of nitrogens with zero attached hydrogens (tertiary/aromatic N) is 3. The van der Waals surface area contributed by atoms with Crippen molar-refractivity contribution < 1.29 is 4.79 Å². The normalized spacial score (nSPS) is 14.2. The molecule has 0 spiro atoms. The van der Waals surface area contributed by atoms with Crippen LogP contribution in [0.5, 0.6) is 0 Å². The molecule has 100 valence electrons. The van der Waals surface area contributed by atoms with E-state index >= 15 is 0 Å². The highest BCUT2D eigenvalue weighted by molar-refractivity contribution is 7.16. The monoisotopic (exact) mass is 295 g/mol. The zero-order valence-electron chi connectivity index (χ0n) is 10.4. The lowest BCUT2D eigenvalue weighted by Gasteiger charge is -2.09. The van der Waals surface area contributed by atoms with E-state index in [-0.39, 0.29) is 5.91 Å². The van der Waals surface area contributed by atoms with E-state index in [9.17, 15) is 4.79 Å². The van der Waals surface area contributed by atoms with Crippen molar-refractivity contribution in [2.45, 2.75) is 26.3 Å². The van der Waals surface area contributed by atoms with E-state index in [2.05, 4.69) is 25.2 Å². The molecule has 0 aromatic carbocycles. The van der Waals surface area contributed by atoms with Crippen LogP contribution in [0.2, 0.25) is 0 Å². The average Bonchev–Trinajstić information content (AvgIpc) is 3.03. The molecule has 2 N–H and O–H groups in total. The summed E-state index contributed by atoms with van der Waals surface area (Å²) in [5.74, 6) is -0.161. The van der Waals surface area contributed by atoms with Crippen LogP contribution in [0.1, 0.15) is 32.9 Å². The van der Waals surface area contributed by atoms with Crippen molar-refractivity contribution in [3.8, 4) is 0 Å². The van der Waals surface area contributed by atoms with E-state index in [0.717, 1.165) is 42.4 Å². The van der Waals surface area contributed by atoms with Gasteiger partial charge in [-0.05, 0) is 18.0 Å². The third-order valence-electron chi connectivity index (χ3n) is 2.92. The maximum absolute atomic E-state index is 12.1. The molecule has 2 aromatic rings. The van der Waals surface area contributed by atoms with Crippen molar-refractivity contribution in [1.29, 1.82) is 0 Å². The second-order valence-electron chi connectivity index (χ2n) is 4.17. The summed E-state index contributed by atoms with van der Waals surface area (Å²) in [6.07, 6.45) is 1.63. The first kappa shape index (κ1) is 12.6. The summed E-state index contributed by atoms with van der Waals surface area (Å²) in [6, 6.07) is 0. The fourth-order valence-electron chi connectivity index (χ4n) is 1.95. The van der Waals surface area contributed by atoms with Gasteiger partial charge in [0.05, 0.1) is 11.4 Å². The summed E-state index contributed by atoms with van der Waals surface area (Å²) in [5.41, 5.74) is 1.84. The SMILES string of the molecule is CCc1nnsc1C(=O)Nc1nc2c(s1)CNCC2. The first-order valence-electron chi connectivity index (χ1n) is 6.09. The molecule has 3 rings (SSSR count). The Morgan fingerprint density at radius 1 is 1.53 bits per heavy atom. The molecule has 3 heterocycles. The van der Waals surface area contributed by atoms with Crippen LogP contribution in [0.25, 0.3) is 0 Å². The Labute approximate surface area is 118 Å². The first-order chi connectivity index (χ1) is 9.28. The molecule has 2 aromatic heterocycles. The maximum Gasteiger partial charge on any atom is 0.271 e. The number of aryl methyl sites for hydroxylation is 1. The Morgan fingerprint density at radius 3 is 3.21 bits per heavy atom. The molecule has 0 saturated heterocycles. The van der Waals surface area contributed by atoms with Crippen LogP contribution in [0.15, 0.2) is 0 Å². The van der Waals surface area contributed by atoms with Crippen molar-refractivity contribution in [2.24, 2.45) is 0 Å². The maximum atomic E-state index is 12.1. The molecule has 0 radical (unpaired) electrons. The largest absolute Gasteiger partial charge is 0.311 e. The van der Waals surface area contributed by atoms with E-state index < -0.39 is 0 Å². The van der Waals surface area contributed by atoms with Gasteiger partial charge in [-0.2, -0.15) is 0 Å². The third kappa shape index (κ3) is 2.51. The molecule has 1 aliphatic heterocycles. The molecular weight excluding hydrogens is 282 g/mol. The quantitative estimate of drug-likeness (QED) is 0.896. The molecule has 0 unspecified atom stereocenters. The summed E-state index contributed by atoms with van der Waals surface area (Å²) in [4.78, 5) is 18.4. The van der Waals surface area contributed by atoms with Crippen LogP contribution < -0.4 is 10.6 Å². The molecule has 8 heteroatoms. The Bertz CT molecular complexity index is 583. The van der Waals surface area contributed by atoms with Gasteiger partial charge in [0.2, 0.25) is 0 Å². The highest BCUT2D eigenvalue weighted by Crippen LogP contribution is 2.26. The van der Waals surface area contributed by atoms with Gasteiger partial charge in [0.25, 0.3) is 5.91 Å². The molecule has 0 saturated carbocycles. The lowest BCUT2D eigenvalue weighted by molar-refractivity contribution is 0.102. The highest BCUT2D eigenvalue weighted by atomic mass is 32.1. The van der Waals surface area contributed by atoms with Crippen molar-refractivity contribution in [3.05, 3.63) is 21.1 Å². The zero-order valence-corrected chi connectivity index (χ0v) is 12.0. The van der Waals surface area contributed by atoms with Crippen LogP contribution in [-0.2, 0) is 19.4 Å². The smallest absolute Gasteiger partial charge is 0.271 e. The lowest BCUT2D eigenvalue weighted by Crippen LogP contribution is -2.22. The van der Waals surface area contributed by atoms with Crippen molar-refractivity contribution in [3.63, 3.8) is 0 Å². The van der Waals surface area contributed by atoms with Crippen molar-refractivity contribution in [2.75, 3.05) is 11.9 Å². The van der Waals surface area contributed by atoms with E-state index in [1.807, 2.05) is 6.92 Å². The topological polar surface area (TPSA) is 79.8 Å². The molecule has 0 fully saturated rings. The highest BCUT2D eigenvalue weighted by Gasteiger charge is 2.19. The Hall–Kier alpha value is -1.38. The number of aromatic nitrogens is 3. The number of carbonyl (C=O) groups is 1. The van der Waals surface area contributed by atoms with Gasteiger partial charge in [0, 0.05) is 24.4 Å². The Balaban J connectivity index is 1.78. The van der Waals surface area contributed by atoms with Crippen LogP contribution in [0.4, 0.5) is 5.13 Å². The lowest BCUT2D eigenvalue weighted by atomic mass is 10.2. The van der Waals surface area contributed by atoms with E-state index in [1.54, 1.807) is 0 Å². The molecule has 0 atom stereocenters. The van der Waals surface area contributed by atoms with Gasteiger partial charge >= 0.3 is 0 Å². The Morgan fingerprint density at radius 2 is 2.42 bits per heavy atom. The second-order valence-corrected chi connectivity index (χ2v) is 6.01. The fraction of sp³-hybridized carbons (Fsp3) is 0.455. The van der Waals surface area contributed by atoms with Gasteiger partial charge in [0.15, 0.2) is 5.13 Å². The minimum absolute atomic E-state index is 0.161. The van der Waals surface area contributed by atoms with Gasteiger partial charge in [-0.25, -0.2) is 4.98 Å². The van der Waals surface area contributed by atoms with Crippen LogP contribution >= 0.6 is 22.9 Å². The molecule has 1 amide bonds. The van der Waals surface area contributed by atoms with E-state index in [0.29, 0.717) is 16.4 Å². The minimum Gasteiger partial charge on any atom is -0.311 e. The summed E-state index contributed by atoms with van der Waals surface area (Å²) in [5, 5.41) is 10.7. The summed E-state index contributed by atoms with van der Waals surface area (Å²) in [6.45, 7) is 3.75. The van der Waals surface area contributed by atoms with E-state index in [4.69, 9.17) is 0 Å². The second kappa shape index (κ2) is 5.32. The van der Waals surface area contributed by atoms with Gasteiger partial charge in [-0.1, -0.05) is 11.4 Å². The van der Waals surface area contributed by atoms with Gasteiger partial charge in [-0.15, -0.1) is 16.4 Å². The molecule has 0 aliphatic carbocycles. The summed E-state index contributed by atoms with van der Waals surface area (Å²) >= 11 is 2.66. The van der Waals surface area contributed by atoms with Crippen molar-refractivity contribution >= 4 is 33.9 Å². The van der Waals surface area contributed by atoms with E-state index in [1.165, 1.54) is 16.2 Å². The zero-order chi connectivity index (χ0) is 13.2. The molecule has 6 nitrogen and oxygen atoms in total. The summed E-state index contributed by atoms with van der Waals surface area (Å²) < 4.78 is 3.82. The number of anilines is 1. The predicted octanol–water partition coefficient (Wildman–Crippen LogP) is 1.45. The number of nitrogens with one attached hydrogen (secondary N) is 2. The molecule has 0 bridgehead atoms. The minimum atomic E-state index is -0.161. The molecule has 1 aliphatic rings. The number of amides is 1. The van der Waals surface area contributed by atoms with Crippen LogP contribution in [0, 0.1) is 0 Å². The molecular formula is C11H13N5OS2. The number of fused-ring (bicyclic) bond motifs is 1. The Kier molecular flexibility index (Phi) is 3.54. The third-order valence-corrected chi connectivity index (χ3v) is 4.70. The standard InChI is InChI=1S/C11H13N5OS2/c1-2-6-9(19-16-15-6)10(17)14-11-13-7-3-4-12-5-8(7)18-11/h12H,2-5H2,1H3,(H,13,14,17). The number of hydrogen-bond donors (Lipinski definition) is 2. The molecule has 19 heavy (non-hydrogen) atoms. The number of thiazole rings is 1. The average molecular weight is 295 g/mol. The van der Waals surface area contributed by atoms with Gasteiger partial charge in [-0.3, -0.25) is 10.1 Å². The van der Waals surface area contributed by atoms with Crippen LogP contribution in [-0.4, -0.2) is 27.0 Å². The van der Waals surface area contributed by atoms with Gasteiger partial charge in [0.1, 0.15) is 4.88 Å². The van der Waals surface area contributed by atoms with Crippen LogP contribution in [0.3, 0.4) is 0 Å².